The zero-order valence-corrected chi connectivity index (χ0v) is 16.8. The third-order valence-electron chi connectivity index (χ3n) is 5.11. The van der Waals surface area contributed by atoms with Gasteiger partial charge in [0.05, 0.1) is 0 Å². The van der Waals surface area contributed by atoms with E-state index in [2.05, 4.69) is 93.4 Å². The van der Waals surface area contributed by atoms with E-state index >= 15 is 0 Å². The highest BCUT2D eigenvalue weighted by molar-refractivity contribution is 5.41. The van der Waals surface area contributed by atoms with Crippen molar-refractivity contribution in [2.75, 3.05) is 0 Å². The third kappa shape index (κ3) is 3.64. The minimum Gasteiger partial charge on any atom is -1.00 e. The van der Waals surface area contributed by atoms with Gasteiger partial charge in [-0.15, -0.1) is 0 Å². The van der Waals surface area contributed by atoms with Crippen molar-refractivity contribution in [3.63, 3.8) is 0 Å². The van der Waals surface area contributed by atoms with Crippen molar-refractivity contribution < 1.29 is 17.0 Å². The van der Waals surface area contributed by atoms with Crippen molar-refractivity contribution in [2.45, 2.75) is 48.1 Å². The predicted molar refractivity (Wildman–Crippen MR) is 99.9 cm³/mol. The lowest BCUT2D eigenvalue weighted by Crippen LogP contribution is -3.00. The molecule has 0 bridgehead atoms. The van der Waals surface area contributed by atoms with Crippen molar-refractivity contribution in [3.05, 3.63) is 81.9 Å². The standard InChI is InChI=1S/C22H27N2.ClH/c1-15-11-17(3)21(18(4)12-15)13-23-14-24(20(6)19(23)5)22-10-8-7-9-16(22)2;/h7-12,14H,13H2,1-6H3;1H/q+1;/p-1. The highest BCUT2D eigenvalue weighted by atomic mass is 35.5. The first-order chi connectivity index (χ1) is 11.4. The molecule has 0 spiro atoms. The summed E-state index contributed by atoms with van der Waals surface area (Å²) < 4.78 is 4.68. The monoisotopic (exact) mass is 354 g/mol. The van der Waals surface area contributed by atoms with Crippen LogP contribution in [0.3, 0.4) is 0 Å². The summed E-state index contributed by atoms with van der Waals surface area (Å²) >= 11 is 0. The fraction of sp³-hybridized carbons (Fsp3) is 0.318. The maximum atomic E-state index is 2.37. The van der Waals surface area contributed by atoms with Crippen LogP contribution in [0.1, 0.15) is 39.2 Å². The Kier molecular flexibility index (Phi) is 5.74. The molecule has 0 N–H and O–H groups in total. The molecule has 3 aromatic rings. The molecule has 0 fully saturated rings. The second-order valence-electron chi connectivity index (χ2n) is 6.95. The fourth-order valence-corrected chi connectivity index (χ4v) is 3.56. The van der Waals surface area contributed by atoms with Crippen LogP contribution in [-0.2, 0) is 6.54 Å². The molecule has 0 unspecified atom stereocenters. The summed E-state index contributed by atoms with van der Waals surface area (Å²) in [5.41, 5.74) is 10.7. The van der Waals surface area contributed by atoms with Gasteiger partial charge in [-0.25, -0.2) is 4.57 Å². The number of benzene rings is 2. The van der Waals surface area contributed by atoms with Crippen molar-refractivity contribution in [1.29, 1.82) is 0 Å². The molecule has 0 aliphatic carbocycles. The Bertz CT molecular complexity index is 883. The molecule has 0 aliphatic rings. The lowest BCUT2D eigenvalue weighted by Gasteiger charge is -2.10. The van der Waals surface area contributed by atoms with E-state index in [9.17, 15) is 0 Å². The van der Waals surface area contributed by atoms with E-state index < -0.39 is 0 Å². The first-order valence-corrected chi connectivity index (χ1v) is 8.59. The summed E-state index contributed by atoms with van der Waals surface area (Å²) in [4.78, 5) is 0. The van der Waals surface area contributed by atoms with Gasteiger partial charge in [0.2, 0.25) is 6.33 Å². The summed E-state index contributed by atoms with van der Waals surface area (Å²) in [6.45, 7) is 14.1. The van der Waals surface area contributed by atoms with Gasteiger partial charge >= 0.3 is 0 Å². The van der Waals surface area contributed by atoms with Crippen LogP contribution in [-0.4, -0.2) is 4.57 Å². The van der Waals surface area contributed by atoms with Crippen molar-refractivity contribution in [3.8, 4) is 5.69 Å². The molecule has 0 saturated carbocycles. The topological polar surface area (TPSA) is 8.81 Å². The molecule has 0 radical (unpaired) electrons. The Morgan fingerprint density at radius 1 is 0.840 bits per heavy atom. The molecule has 0 saturated heterocycles. The number of rotatable bonds is 3. The molecule has 132 valence electrons. The molecule has 1 heterocycles. The van der Waals surface area contributed by atoms with E-state index in [4.69, 9.17) is 0 Å². The average molecular weight is 355 g/mol. The number of hydrogen-bond donors (Lipinski definition) is 0. The Morgan fingerprint density at radius 2 is 1.44 bits per heavy atom. The molecule has 2 nitrogen and oxygen atoms in total. The summed E-state index contributed by atoms with van der Waals surface area (Å²) in [6.07, 6.45) is 2.24. The molecule has 0 amide bonds. The average Bonchev–Trinajstić information content (AvgIpc) is 2.79. The Labute approximate surface area is 157 Å². The molecule has 2 aromatic carbocycles. The van der Waals surface area contributed by atoms with Crippen LogP contribution in [0, 0.1) is 41.5 Å². The summed E-state index contributed by atoms with van der Waals surface area (Å²) in [7, 11) is 0. The molecule has 1 aromatic heterocycles. The number of halogens is 1. The number of nitrogens with zero attached hydrogens (tertiary/aromatic N) is 2. The Morgan fingerprint density at radius 3 is 2.04 bits per heavy atom. The van der Waals surface area contributed by atoms with Gasteiger partial charge in [-0.05, 0) is 56.0 Å². The summed E-state index contributed by atoms with van der Waals surface area (Å²) in [6, 6.07) is 13.1. The molecule has 25 heavy (non-hydrogen) atoms. The second kappa shape index (κ2) is 7.45. The molecule has 3 rings (SSSR count). The smallest absolute Gasteiger partial charge is 0.249 e. The van der Waals surface area contributed by atoms with Gasteiger partial charge in [-0.2, -0.15) is 4.57 Å². The largest absolute Gasteiger partial charge is 1.00 e. The van der Waals surface area contributed by atoms with Gasteiger partial charge in [-0.3, -0.25) is 0 Å². The summed E-state index contributed by atoms with van der Waals surface area (Å²) in [5.74, 6) is 0. The highest BCUT2D eigenvalue weighted by Crippen LogP contribution is 2.19. The van der Waals surface area contributed by atoms with Crippen molar-refractivity contribution in [1.82, 2.24) is 4.57 Å². The Hall–Kier alpha value is -2.06. The van der Waals surface area contributed by atoms with Crippen molar-refractivity contribution in [2.24, 2.45) is 0 Å². The maximum Gasteiger partial charge on any atom is 0.249 e. The van der Waals surface area contributed by atoms with Crippen LogP contribution >= 0.6 is 0 Å². The summed E-state index contributed by atoms with van der Waals surface area (Å²) in [5, 5.41) is 0. The number of aryl methyl sites for hydroxylation is 4. The van der Waals surface area contributed by atoms with Gasteiger partial charge < -0.3 is 12.4 Å². The quantitative estimate of drug-likeness (QED) is 0.633. The van der Waals surface area contributed by atoms with Gasteiger partial charge in [0.1, 0.15) is 23.6 Å². The van der Waals surface area contributed by atoms with Gasteiger partial charge in [-0.1, -0.05) is 35.9 Å². The van der Waals surface area contributed by atoms with Crippen LogP contribution in [0.15, 0.2) is 42.7 Å². The zero-order chi connectivity index (χ0) is 17.4. The number of imidazole rings is 1. The van der Waals surface area contributed by atoms with E-state index in [0.29, 0.717) is 0 Å². The van der Waals surface area contributed by atoms with Crippen LogP contribution in [0.2, 0.25) is 0 Å². The SMILES string of the molecule is Cc1cc(C)c(C[n+]2cn(-c3ccccc3C)c(C)c2C)c(C)c1.[Cl-]. The molecular formula is C22H27ClN2. The van der Waals surface area contributed by atoms with Crippen LogP contribution in [0.4, 0.5) is 0 Å². The van der Waals surface area contributed by atoms with Crippen LogP contribution in [0.25, 0.3) is 5.69 Å². The molecule has 0 aliphatic heterocycles. The maximum absolute atomic E-state index is 2.37. The minimum atomic E-state index is 0. The lowest BCUT2D eigenvalue weighted by molar-refractivity contribution is -0.693. The van der Waals surface area contributed by atoms with Crippen LogP contribution < -0.4 is 17.0 Å². The lowest BCUT2D eigenvalue weighted by atomic mass is 10.00. The minimum absolute atomic E-state index is 0. The number of aromatic nitrogens is 2. The molecule has 3 heteroatoms. The van der Waals surface area contributed by atoms with E-state index in [1.807, 2.05) is 0 Å². The van der Waals surface area contributed by atoms with E-state index in [1.165, 1.54) is 44.9 Å². The van der Waals surface area contributed by atoms with E-state index in [0.717, 1.165) is 6.54 Å². The van der Waals surface area contributed by atoms with Crippen LogP contribution in [0.5, 0.6) is 0 Å². The predicted octanol–water partition coefficient (Wildman–Crippen LogP) is 1.67. The first-order valence-electron chi connectivity index (χ1n) is 8.59. The third-order valence-corrected chi connectivity index (χ3v) is 5.11. The van der Waals surface area contributed by atoms with Crippen molar-refractivity contribution >= 4 is 0 Å². The normalized spacial score (nSPS) is 10.6. The number of hydrogen-bond acceptors (Lipinski definition) is 0. The second-order valence-corrected chi connectivity index (χ2v) is 6.95. The van der Waals surface area contributed by atoms with Gasteiger partial charge in [0.25, 0.3) is 0 Å². The number of para-hydroxylation sites is 1. The Balaban J connectivity index is 0.00000225. The van der Waals surface area contributed by atoms with Gasteiger partial charge in [0.15, 0.2) is 0 Å². The fourth-order valence-electron chi connectivity index (χ4n) is 3.56. The molecule has 0 atom stereocenters. The first kappa shape index (κ1) is 19.3. The zero-order valence-electron chi connectivity index (χ0n) is 16.0. The highest BCUT2D eigenvalue weighted by Gasteiger charge is 2.20. The molecular weight excluding hydrogens is 328 g/mol. The van der Waals surface area contributed by atoms with Gasteiger partial charge in [0, 0.05) is 13.8 Å². The van der Waals surface area contributed by atoms with E-state index in [-0.39, 0.29) is 12.4 Å². The van der Waals surface area contributed by atoms with E-state index in [1.54, 1.807) is 0 Å².